The van der Waals surface area contributed by atoms with Crippen LogP contribution < -0.4 is 5.32 Å². The van der Waals surface area contributed by atoms with Gasteiger partial charge < -0.3 is 15.5 Å². The summed E-state index contributed by atoms with van der Waals surface area (Å²) in [5.74, 6) is -0.0563. The minimum Gasteiger partial charge on any atom is -0.394 e. The molecule has 0 aromatic heterocycles. The third-order valence-corrected chi connectivity index (χ3v) is 15.7. The third kappa shape index (κ3) is 59.6. The van der Waals surface area contributed by atoms with Gasteiger partial charge in [0.15, 0.2) is 0 Å². The summed E-state index contributed by atoms with van der Waals surface area (Å²) in [4.78, 5) is 12.5. The predicted molar refractivity (Wildman–Crippen MR) is 318 cm³/mol. The van der Waals surface area contributed by atoms with Crippen molar-refractivity contribution in [1.29, 1.82) is 0 Å². The molecule has 3 N–H and O–H groups in total. The van der Waals surface area contributed by atoms with Crippen molar-refractivity contribution >= 4 is 5.91 Å². The minimum absolute atomic E-state index is 0.0563. The van der Waals surface area contributed by atoms with Crippen LogP contribution >= 0.6 is 0 Å². The Bertz CT molecular complexity index is 1040. The van der Waals surface area contributed by atoms with Gasteiger partial charge in [0.05, 0.1) is 18.8 Å². The minimum atomic E-state index is -0.838. The van der Waals surface area contributed by atoms with Crippen molar-refractivity contribution in [2.45, 2.75) is 392 Å². The van der Waals surface area contributed by atoms with E-state index >= 15 is 0 Å². The van der Waals surface area contributed by atoms with E-state index in [1.165, 1.54) is 334 Å². The van der Waals surface area contributed by atoms with E-state index in [1.54, 1.807) is 6.08 Å². The molecule has 2 unspecified atom stereocenters. The number of hydrogen-bond acceptors (Lipinski definition) is 3. The van der Waals surface area contributed by atoms with Crippen molar-refractivity contribution in [2.24, 2.45) is 0 Å². The van der Waals surface area contributed by atoms with Gasteiger partial charge in [-0.15, -0.1) is 0 Å². The average molecular weight is 999 g/mol. The molecule has 0 saturated heterocycles. The van der Waals surface area contributed by atoms with E-state index in [2.05, 4.69) is 31.3 Å². The van der Waals surface area contributed by atoms with Gasteiger partial charge in [0.25, 0.3) is 0 Å². The van der Waals surface area contributed by atoms with Crippen molar-refractivity contribution < 1.29 is 15.0 Å². The lowest BCUT2D eigenvalue weighted by Gasteiger charge is -2.20. The molecule has 4 heteroatoms. The summed E-state index contributed by atoms with van der Waals surface area (Å²) in [5.41, 5.74) is 0. The van der Waals surface area contributed by atoms with E-state index in [9.17, 15) is 15.0 Å². The molecular weight excluding hydrogens is 867 g/mol. The van der Waals surface area contributed by atoms with E-state index in [4.69, 9.17) is 0 Å². The Balaban J connectivity index is 3.39. The van der Waals surface area contributed by atoms with E-state index in [0.717, 1.165) is 25.7 Å². The number of aliphatic hydroxyl groups is 2. The van der Waals surface area contributed by atoms with Crippen LogP contribution in [0.25, 0.3) is 0 Å². The van der Waals surface area contributed by atoms with E-state index in [1.807, 2.05) is 6.08 Å². The second-order valence-electron chi connectivity index (χ2n) is 22.9. The molecule has 0 radical (unpaired) electrons. The van der Waals surface area contributed by atoms with Crippen LogP contribution in [0.5, 0.6) is 0 Å². The maximum Gasteiger partial charge on any atom is 0.220 e. The summed E-state index contributed by atoms with van der Waals surface area (Å²) in [6.07, 6.45) is 85.4. The number of carbonyl (C=O) groups is 1. The number of amides is 1. The number of unbranched alkanes of at least 4 members (excludes halogenated alkanes) is 53. The molecule has 0 heterocycles. The van der Waals surface area contributed by atoms with Crippen LogP contribution in [0.1, 0.15) is 380 Å². The Morgan fingerprint density at radius 3 is 0.775 bits per heavy atom. The largest absolute Gasteiger partial charge is 0.394 e. The van der Waals surface area contributed by atoms with Crippen molar-refractivity contribution in [1.82, 2.24) is 5.32 Å². The summed E-state index contributed by atoms with van der Waals surface area (Å²) < 4.78 is 0. The number of nitrogens with one attached hydrogen (secondary N) is 1. The number of carbonyl (C=O) groups excluding carboxylic acids is 1. The van der Waals surface area contributed by atoms with Gasteiger partial charge in [-0.2, -0.15) is 0 Å². The Kier molecular flexibility index (Phi) is 62.2. The van der Waals surface area contributed by atoms with Gasteiger partial charge in [-0.1, -0.05) is 353 Å². The highest BCUT2D eigenvalue weighted by molar-refractivity contribution is 5.76. The summed E-state index contributed by atoms with van der Waals surface area (Å²) in [5, 5.41) is 23.2. The van der Waals surface area contributed by atoms with Crippen LogP contribution in [0, 0.1) is 0 Å². The first-order valence-electron chi connectivity index (χ1n) is 33.1. The Morgan fingerprint density at radius 1 is 0.324 bits per heavy atom. The summed E-state index contributed by atoms with van der Waals surface area (Å²) in [7, 11) is 0. The number of aliphatic hydroxyl groups excluding tert-OH is 2. The molecule has 0 aromatic carbocycles. The van der Waals surface area contributed by atoms with Gasteiger partial charge in [0.1, 0.15) is 0 Å². The molecule has 1 amide bonds. The molecule has 422 valence electrons. The predicted octanol–water partition coefficient (Wildman–Crippen LogP) is 22.2. The number of rotatable bonds is 62. The fourth-order valence-electron chi connectivity index (χ4n) is 10.7. The molecule has 0 aromatic rings. The first kappa shape index (κ1) is 69.9. The van der Waals surface area contributed by atoms with E-state index in [0.29, 0.717) is 6.42 Å². The number of hydrogen-bond donors (Lipinski definition) is 3. The maximum absolute atomic E-state index is 12.5. The quantitative estimate of drug-likeness (QED) is 0.0420. The summed E-state index contributed by atoms with van der Waals surface area (Å²) in [6, 6.07) is -0.621. The topological polar surface area (TPSA) is 69.6 Å². The molecule has 0 aliphatic carbocycles. The molecule has 4 nitrogen and oxygen atoms in total. The standard InChI is InChI=1S/C67H131NO3/c1-3-5-7-9-11-13-15-17-19-21-23-25-26-27-28-29-30-31-32-33-34-35-36-37-38-39-40-41-42-43-45-47-49-51-53-55-57-59-61-63-67(71)68-65(64-69)66(70)62-60-58-56-54-52-50-48-46-44-24-22-20-18-16-14-12-10-8-6-4-2/h33-34,60,62,65-66,69-70H,3-32,35-59,61,63-64H2,1-2H3,(H,68,71)/b34-33-,62-60+. The van der Waals surface area contributed by atoms with Gasteiger partial charge in [-0.05, 0) is 44.9 Å². The lowest BCUT2D eigenvalue weighted by atomic mass is 10.0. The molecule has 0 aliphatic heterocycles. The molecule has 0 saturated carbocycles. The maximum atomic E-state index is 12.5. The summed E-state index contributed by atoms with van der Waals surface area (Å²) in [6.45, 7) is 4.36. The zero-order chi connectivity index (χ0) is 51.3. The SMILES string of the molecule is CCCCCCCCCCCCCCCCCCCC/C=C\CCCCCCCCCCCCCCCCCCCC(=O)NC(CO)C(O)/C=C/CCCCCCCCCCCCCCCCCCCC. The highest BCUT2D eigenvalue weighted by atomic mass is 16.3. The van der Waals surface area contributed by atoms with Crippen LogP contribution in [0.4, 0.5) is 0 Å². The van der Waals surface area contributed by atoms with Crippen molar-refractivity contribution in [2.75, 3.05) is 6.61 Å². The van der Waals surface area contributed by atoms with Crippen LogP contribution in [0.3, 0.4) is 0 Å². The summed E-state index contributed by atoms with van der Waals surface area (Å²) >= 11 is 0. The Morgan fingerprint density at radius 2 is 0.535 bits per heavy atom. The average Bonchev–Trinajstić information content (AvgIpc) is 3.37. The van der Waals surface area contributed by atoms with Crippen molar-refractivity contribution in [3.63, 3.8) is 0 Å². The molecule has 71 heavy (non-hydrogen) atoms. The van der Waals surface area contributed by atoms with Crippen molar-refractivity contribution in [3.8, 4) is 0 Å². The zero-order valence-electron chi connectivity index (χ0n) is 48.8. The fourth-order valence-corrected chi connectivity index (χ4v) is 10.7. The van der Waals surface area contributed by atoms with Gasteiger partial charge in [-0.3, -0.25) is 4.79 Å². The van der Waals surface area contributed by atoms with Gasteiger partial charge in [0.2, 0.25) is 5.91 Å². The molecule has 0 rings (SSSR count). The van der Waals surface area contributed by atoms with E-state index < -0.39 is 12.1 Å². The third-order valence-electron chi connectivity index (χ3n) is 15.7. The zero-order valence-corrected chi connectivity index (χ0v) is 48.8. The first-order valence-corrected chi connectivity index (χ1v) is 33.1. The van der Waals surface area contributed by atoms with Crippen LogP contribution in [-0.2, 0) is 4.79 Å². The molecular formula is C67H131NO3. The van der Waals surface area contributed by atoms with Gasteiger partial charge in [-0.25, -0.2) is 0 Å². The molecule has 0 aliphatic rings. The van der Waals surface area contributed by atoms with Crippen molar-refractivity contribution in [3.05, 3.63) is 24.3 Å². The number of allylic oxidation sites excluding steroid dienone is 3. The Hall–Kier alpha value is -1.13. The molecule has 0 fully saturated rings. The lowest BCUT2D eigenvalue weighted by Crippen LogP contribution is -2.45. The normalized spacial score (nSPS) is 12.8. The monoisotopic (exact) mass is 998 g/mol. The smallest absolute Gasteiger partial charge is 0.220 e. The van der Waals surface area contributed by atoms with Gasteiger partial charge >= 0.3 is 0 Å². The molecule has 2 atom stereocenters. The van der Waals surface area contributed by atoms with Crippen LogP contribution in [-0.4, -0.2) is 34.9 Å². The van der Waals surface area contributed by atoms with E-state index in [-0.39, 0.29) is 12.5 Å². The van der Waals surface area contributed by atoms with Crippen LogP contribution in [0.2, 0.25) is 0 Å². The molecule has 0 bridgehead atoms. The van der Waals surface area contributed by atoms with Gasteiger partial charge in [0, 0.05) is 6.42 Å². The lowest BCUT2D eigenvalue weighted by molar-refractivity contribution is -0.123. The highest BCUT2D eigenvalue weighted by Gasteiger charge is 2.18. The second kappa shape index (κ2) is 63.2. The first-order chi connectivity index (χ1) is 35.2. The van der Waals surface area contributed by atoms with Crippen LogP contribution in [0.15, 0.2) is 24.3 Å². The second-order valence-corrected chi connectivity index (χ2v) is 22.9. The fraction of sp³-hybridized carbons (Fsp3) is 0.925. The Labute approximate surface area is 447 Å². The molecule has 0 spiro atoms. The highest BCUT2D eigenvalue weighted by Crippen LogP contribution is 2.19.